The number of rotatable bonds is 6. The summed E-state index contributed by atoms with van der Waals surface area (Å²) >= 11 is 0. The number of nitrogens with zero attached hydrogens (tertiary/aromatic N) is 3. The van der Waals surface area contributed by atoms with Crippen LogP contribution in [0.25, 0.3) is 11.2 Å². The van der Waals surface area contributed by atoms with Crippen LogP contribution < -0.4 is 11.3 Å². The predicted octanol–water partition coefficient (Wildman–Crippen LogP) is -2.45. The van der Waals surface area contributed by atoms with Gasteiger partial charge in [0.05, 0.1) is 12.9 Å². The maximum atomic E-state index is 11.9. The zero-order valence-corrected chi connectivity index (χ0v) is 15.4. The smallest absolute Gasteiger partial charge is 0.394 e. The lowest BCUT2D eigenvalue weighted by molar-refractivity contribution is -0.0505. The molecule has 8 N–H and O–H groups in total. The average molecular weight is 443 g/mol. The summed E-state index contributed by atoms with van der Waals surface area (Å²) in [7, 11) is -10.8. The Kier molecular flexibility index (Phi) is 5.46. The first-order valence-electron chi connectivity index (χ1n) is 7.36. The Morgan fingerprint density at radius 3 is 2.64 bits per heavy atom. The number of ether oxygens (including phenoxy) is 1. The number of nitrogen functional groups attached to an aromatic ring is 1. The van der Waals surface area contributed by atoms with Crippen LogP contribution in [0.2, 0.25) is 0 Å². The standard InChI is InChI=1S/C10H15N5O11P2/c11-10-13-7-4(8(18)14-10)12-2-15(7)9-6(5(17)3(1-16)24-9)25-28(22,23)26-27(19,20)21/h2-3,5-6,9,16-17H,1H2,(H,22,23)(H2,19,20,21)(H3,11,13,14,18)/t3-,5-,6-,9-/m1/s1. The first kappa shape index (κ1) is 21.0. The van der Waals surface area contributed by atoms with E-state index >= 15 is 0 Å². The molecule has 18 heteroatoms. The molecular formula is C10H15N5O11P2. The summed E-state index contributed by atoms with van der Waals surface area (Å²) < 4.78 is 37.5. The minimum atomic E-state index is -5.42. The molecule has 1 fully saturated rings. The Morgan fingerprint density at radius 2 is 2.04 bits per heavy atom. The number of H-pyrrole nitrogens is 1. The molecule has 0 saturated carbocycles. The number of aromatic nitrogens is 4. The lowest BCUT2D eigenvalue weighted by atomic mass is 10.1. The van der Waals surface area contributed by atoms with Crippen molar-refractivity contribution in [2.45, 2.75) is 24.5 Å². The Hall–Kier alpha value is -1.71. The summed E-state index contributed by atoms with van der Waals surface area (Å²) in [5.41, 5.74) is 4.45. The second kappa shape index (κ2) is 7.27. The van der Waals surface area contributed by atoms with Gasteiger partial charge in [0.1, 0.15) is 18.3 Å². The Morgan fingerprint density at radius 1 is 1.36 bits per heavy atom. The molecule has 1 aliphatic heterocycles. The number of fused-ring (bicyclic) bond motifs is 1. The van der Waals surface area contributed by atoms with Gasteiger partial charge in [-0.25, -0.2) is 14.1 Å². The van der Waals surface area contributed by atoms with E-state index in [1.165, 1.54) is 0 Å². The maximum Gasteiger partial charge on any atom is 0.481 e. The minimum absolute atomic E-state index is 0.144. The number of aromatic amines is 1. The highest BCUT2D eigenvalue weighted by Crippen LogP contribution is 2.59. The van der Waals surface area contributed by atoms with E-state index in [0.29, 0.717) is 0 Å². The van der Waals surface area contributed by atoms with Crippen molar-refractivity contribution < 1.29 is 47.6 Å². The summed E-state index contributed by atoms with van der Waals surface area (Å²) in [4.78, 5) is 48.7. The molecule has 3 heterocycles. The molecule has 5 atom stereocenters. The third-order valence-corrected chi connectivity index (χ3v) is 5.87. The fourth-order valence-electron chi connectivity index (χ4n) is 2.64. The zero-order chi connectivity index (χ0) is 20.9. The first-order chi connectivity index (χ1) is 12.9. The fourth-order valence-corrected chi connectivity index (χ4v) is 4.41. The second-order valence-electron chi connectivity index (χ2n) is 5.62. The Balaban J connectivity index is 2.02. The van der Waals surface area contributed by atoms with Gasteiger partial charge in [-0.2, -0.15) is 9.29 Å². The molecule has 2 aromatic heterocycles. The molecule has 0 radical (unpaired) electrons. The fraction of sp³-hybridized carbons (Fsp3) is 0.500. The average Bonchev–Trinajstić information content (AvgIpc) is 3.07. The third kappa shape index (κ3) is 4.16. The molecule has 2 aromatic rings. The topological polar surface area (TPSA) is 253 Å². The van der Waals surface area contributed by atoms with Crippen molar-refractivity contribution in [2.75, 3.05) is 12.3 Å². The molecule has 3 rings (SSSR count). The number of anilines is 1. The van der Waals surface area contributed by atoms with Crippen LogP contribution in [0.15, 0.2) is 11.1 Å². The van der Waals surface area contributed by atoms with Gasteiger partial charge < -0.3 is 35.4 Å². The summed E-state index contributed by atoms with van der Waals surface area (Å²) in [6.45, 7) is -0.741. The third-order valence-electron chi connectivity index (χ3n) is 3.68. The van der Waals surface area contributed by atoms with Crippen molar-refractivity contribution in [1.29, 1.82) is 0 Å². The lowest BCUT2D eigenvalue weighted by Crippen LogP contribution is -2.35. The number of aliphatic hydroxyl groups excluding tert-OH is 2. The van der Waals surface area contributed by atoms with Gasteiger partial charge in [-0.05, 0) is 0 Å². The van der Waals surface area contributed by atoms with Gasteiger partial charge in [0, 0.05) is 0 Å². The van der Waals surface area contributed by atoms with Crippen LogP contribution in [0.5, 0.6) is 0 Å². The summed E-state index contributed by atoms with van der Waals surface area (Å²) in [5, 5.41) is 19.5. The van der Waals surface area contributed by atoms with E-state index in [-0.39, 0.29) is 17.1 Å². The second-order valence-corrected chi connectivity index (χ2v) is 8.41. The molecule has 1 unspecified atom stereocenters. The van der Waals surface area contributed by atoms with Crippen LogP contribution >= 0.6 is 15.6 Å². The van der Waals surface area contributed by atoms with E-state index in [0.717, 1.165) is 10.9 Å². The number of hydrogen-bond acceptors (Lipinski definition) is 11. The van der Waals surface area contributed by atoms with Gasteiger partial charge in [0.15, 0.2) is 17.4 Å². The number of phosphoric acid groups is 2. The van der Waals surface area contributed by atoms with E-state index in [9.17, 15) is 29.0 Å². The van der Waals surface area contributed by atoms with Gasteiger partial charge in [-0.15, -0.1) is 0 Å². The van der Waals surface area contributed by atoms with Crippen molar-refractivity contribution in [3.63, 3.8) is 0 Å². The molecule has 0 amide bonds. The van der Waals surface area contributed by atoms with Crippen LogP contribution in [0.1, 0.15) is 6.23 Å². The molecule has 156 valence electrons. The van der Waals surface area contributed by atoms with E-state index in [1.807, 2.05) is 0 Å². The molecule has 0 spiro atoms. The van der Waals surface area contributed by atoms with Gasteiger partial charge in [0.25, 0.3) is 5.56 Å². The van der Waals surface area contributed by atoms with Crippen molar-refractivity contribution in [3.8, 4) is 0 Å². The van der Waals surface area contributed by atoms with Gasteiger partial charge in [-0.3, -0.25) is 18.9 Å². The van der Waals surface area contributed by atoms with Crippen LogP contribution in [-0.4, -0.2) is 69.3 Å². The Labute approximate surface area is 154 Å². The first-order valence-corrected chi connectivity index (χ1v) is 10.4. The van der Waals surface area contributed by atoms with Crippen LogP contribution in [0.3, 0.4) is 0 Å². The van der Waals surface area contributed by atoms with Gasteiger partial charge >= 0.3 is 15.6 Å². The number of nitrogens with one attached hydrogen (secondary N) is 1. The SMILES string of the molecule is Nc1nc2c(ncn2[C@@H]2O[C@H](CO)[C@@H](O)[C@H]2OP(=O)(O)OP(=O)(O)O)c(=O)[nH]1. The number of imidazole rings is 1. The van der Waals surface area contributed by atoms with E-state index < -0.39 is 52.4 Å². The molecule has 0 bridgehead atoms. The molecule has 28 heavy (non-hydrogen) atoms. The largest absolute Gasteiger partial charge is 0.481 e. The maximum absolute atomic E-state index is 11.9. The van der Waals surface area contributed by atoms with Crippen molar-refractivity contribution in [1.82, 2.24) is 19.5 Å². The number of nitrogens with two attached hydrogens (primary N) is 1. The highest BCUT2D eigenvalue weighted by molar-refractivity contribution is 7.60. The van der Waals surface area contributed by atoms with Gasteiger partial charge in [0.2, 0.25) is 5.95 Å². The van der Waals surface area contributed by atoms with Crippen LogP contribution in [0, 0.1) is 0 Å². The molecular weight excluding hydrogens is 428 g/mol. The molecule has 16 nitrogen and oxygen atoms in total. The predicted molar refractivity (Wildman–Crippen MR) is 87.4 cm³/mol. The molecule has 0 aliphatic carbocycles. The molecule has 0 aromatic carbocycles. The van der Waals surface area contributed by atoms with E-state index in [4.69, 9.17) is 20.3 Å². The number of aliphatic hydroxyl groups is 2. The summed E-state index contributed by atoms with van der Waals surface area (Å²) in [5.74, 6) is -0.286. The molecule has 1 aliphatic rings. The van der Waals surface area contributed by atoms with E-state index in [1.54, 1.807) is 0 Å². The van der Waals surface area contributed by atoms with Gasteiger partial charge in [-0.1, -0.05) is 0 Å². The number of phosphoric ester groups is 1. The Bertz CT molecular complexity index is 1030. The highest BCUT2D eigenvalue weighted by atomic mass is 31.3. The minimum Gasteiger partial charge on any atom is -0.394 e. The monoisotopic (exact) mass is 443 g/mol. The molecule has 1 saturated heterocycles. The lowest BCUT2D eigenvalue weighted by Gasteiger charge is -2.23. The van der Waals surface area contributed by atoms with Crippen molar-refractivity contribution >= 4 is 32.8 Å². The normalized spacial score (nSPS) is 27.9. The number of hydrogen-bond donors (Lipinski definition) is 7. The van der Waals surface area contributed by atoms with Crippen molar-refractivity contribution in [3.05, 3.63) is 16.7 Å². The van der Waals surface area contributed by atoms with Crippen LogP contribution in [-0.2, 0) is 22.7 Å². The van der Waals surface area contributed by atoms with E-state index in [2.05, 4.69) is 23.8 Å². The highest BCUT2D eigenvalue weighted by Gasteiger charge is 2.50. The van der Waals surface area contributed by atoms with Crippen LogP contribution in [0.4, 0.5) is 5.95 Å². The zero-order valence-electron chi connectivity index (χ0n) is 13.6. The quantitative estimate of drug-likeness (QED) is 0.229. The summed E-state index contributed by atoms with van der Waals surface area (Å²) in [6, 6.07) is 0. The summed E-state index contributed by atoms with van der Waals surface area (Å²) in [6.07, 6.45) is -5.29. The van der Waals surface area contributed by atoms with Crippen molar-refractivity contribution in [2.24, 2.45) is 0 Å².